The Bertz CT molecular complexity index is 446. The molecule has 1 aromatic carbocycles. The molecule has 0 heterocycles. The highest BCUT2D eigenvalue weighted by molar-refractivity contribution is 5.66. The van der Waals surface area contributed by atoms with Crippen molar-refractivity contribution in [1.29, 1.82) is 0 Å². The van der Waals surface area contributed by atoms with Crippen LogP contribution in [-0.2, 0) is 11.0 Å². The van der Waals surface area contributed by atoms with Gasteiger partial charge in [-0.1, -0.05) is 0 Å². The van der Waals surface area contributed by atoms with Gasteiger partial charge in [0.25, 0.3) is 0 Å². The van der Waals surface area contributed by atoms with E-state index in [1.807, 2.05) is 0 Å². The Balaban J connectivity index is 2.55. The van der Waals surface area contributed by atoms with Crippen LogP contribution < -0.4 is 5.32 Å². The number of anilines is 1. The second-order valence-corrected chi connectivity index (χ2v) is 3.97. The van der Waals surface area contributed by atoms with Crippen molar-refractivity contribution in [1.82, 2.24) is 0 Å². The van der Waals surface area contributed by atoms with E-state index < -0.39 is 23.5 Å². The van der Waals surface area contributed by atoms with E-state index in [0.717, 1.165) is 6.07 Å². The molecule has 106 valence electrons. The van der Waals surface area contributed by atoms with E-state index in [9.17, 15) is 22.4 Å². The third-order valence-electron chi connectivity index (χ3n) is 2.43. The Kier molecular flexibility index (Phi) is 5.14. The minimum atomic E-state index is -4.52. The number of hydrogen-bond donors (Lipinski definition) is 2. The third kappa shape index (κ3) is 5.15. The highest BCUT2D eigenvalue weighted by Gasteiger charge is 2.31. The van der Waals surface area contributed by atoms with Gasteiger partial charge in [0.2, 0.25) is 0 Å². The number of aliphatic carboxylic acids is 1. The first-order chi connectivity index (χ1) is 8.80. The molecule has 0 amide bonds. The normalized spacial score (nSPS) is 11.4. The average Bonchev–Trinajstić information content (AvgIpc) is 2.29. The summed E-state index contributed by atoms with van der Waals surface area (Å²) in [6.07, 6.45) is -3.73. The number of alkyl halides is 3. The molecule has 0 saturated heterocycles. The lowest BCUT2D eigenvalue weighted by Gasteiger charge is -2.11. The maximum atomic E-state index is 13.3. The van der Waals surface area contributed by atoms with Gasteiger partial charge < -0.3 is 10.4 Å². The summed E-state index contributed by atoms with van der Waals surface area (Å²) in [5, 5.41) is 10.9. The molecule has 1 rings (SSSR count). The molecule has 0 aliphatic rings. The molecule has 7 heteroatoms. The van der Waals surface area contributed by atoms with Crippen molar-refractivity contribution in [3.05, 3.63) is 29.6 Å². The van der Waals surface area contributed by atoms with E-state index in [1.54, 1.807) is 0 Å². The van der Waals surface area contributed by atoms with Gasteiger partial charge in [-0.25, -0.2) is 4.39 Å². The molecule has 0 saturated carbocycles. The average molecular weight is 279 g/mol. The van der Waals surface area contributed by atoms with Gasteiger partial charge in [0, 0.05) is 13.0 Å². The smallest absolute Gasteiger partial charge is 0.416 e. The summed E-state index contributed by atoms with van der Waals surface area (Å²) < 4.78 is 50.5. The Morgan fingerprint density at radius 2 is 1.95 bits per heavy atom. The van der Waals surface area contributed by atoms with Crippen molar-refractivity contribution < 1.29 is 27.5 Å². The summed E-state index contributed by atoms with van der Waals surface area (Å²) in [7, 11) is 0. The van der Waals surface area contributed by atoms with Crippen molar-refractivity contribution in [2.75, 3.05) is 11.9 Å². The molecule has 0 atom stereocenters. The summed E-state index contributed by atoms with van der Waals surface area (Å²) in [6.45, 7) is 0.214. The quantitative estimate of drug-likeness (QED) is 0.619. The van der Waals surface area contributed by atoms with Crippen LogP contribution in [0.1, 0.15) is 24.8 Å². The van der Waals surface area contributed by atoms with Crippen molar-refractivity contribution in [3.8, 4) is 0 Å². The summed E-state index contributed by atoms with van der Waals surface area (Å²) >= 11 is 0. The predicted octanol–water partition coefficient (Wildman–Crippen LogP) is 3.51. The summed E-state index contributed by atoms with van der Waals surface area (Å²) in [6, 6.07) is 2.12. The molecule has 2 N–H and O–H groups in total. The van der Waals surface area contributed by atoms with E-state index in [1.165, 1.54) is 0 Å². The van der Waals surface area contributed by atoms with Crippen LogP contribution in [0.2, 0.25) is 0 Å². The second-order valence-electron chi connectivity index (χ2n) is 3.97. The lowest BCUT2D eigenvalue weighted by atomic mass is 10.1. The number of halogens is 4. The molecule has 0 unspecified atom stereocenters. The fraction of sp³-hybridized carbons (Fsp3) is 0.417. The first-order valence-corrected chi connectivity index (χ1v) is 5.63. The first kappa shape index (κ1) is 15.3. The van der Waals surface area contributed by atoms with E-state index in [0.29, 0.717) is 25.0 Å². The van der Waals surface area contributed by atoms with Crippen molar-refractivity contribution in [2.24, 2.45) is 0 Å². The van der Waals surface area contributed by atoms with Crippen LogP contribution in [0, 0.1) is 5.82 Å². The minimum Gasteiger partial charge on any atom is -0.481 e. The van der Waals surface area contributed by atoms with Gasteiger partial charge in [-0.05, 0) is 31.0 Å². The number of hydrogen-bond acceptors (Lipinski definition) is 2. The molecule has 0 fully saturated rings. The first-order valence-electron chi connectivity index (χ1n) is 5.63. The third-order valence-corrected chi connectivity index (χ3v) is 2.43. The monoisotopic (exact) mass is 279 g/mol. The second kappa shape index (κ2) is 6.40. The zero-order chi connectivity index (χ0) is 14.5. The fourth-order valence-electron chi connectivity index (χ4n) is 1.46. The van der Waals surface area contributed by atoms with Gasteiger partial charge >= 0.3 is 12.1 Å². The Hall–Kier alpha value is -1.79. The van der Waals surface area contributed by atoms with Gasteiger partial charge in [-0.3, -0.25) is 4.79 Å². The molecule has 3 nitrogen and oxygen atoms in total. The van der Waals surface area contributed by atoms with E-state index in [-0.39, 0.29) is 18.7 Å². The Labute approximate surface area is 107 Å². The van der Waals surface area contributed by atoms with Gasteiger partial charge in [-0.15, -0.1) is 0 Å². The predicted molar refractivity (Wildman–Crippen MR) is 61.4 cm³/mol. The zero-order valence-electron chi connectivity index (χ0n) is 9.93. The van der Waals surface area contributed by atoms with Crippen LogP contribution in [0.4, 0.5) is 23.2 Å². The highest BCUT2D eigenvalue weighted by Crippen LogP contribution is 2.31. The van der Waals surface area contributed by atoms with Crippen LogP contribution in [0.5, 0.6) is 0 Å². The largest absolute Gasteiger partial charge is 0.481 e. The number of rotatable bonds is 6. The van der Waals surface area contributed by atoms with Gasteiger partial charge in [-0.2, -0.15) is 13.2 Å². The molecule has 1 aromatic rings. The fourth-order valence-corrected chi connectivity index (χ4v) is 1.46. The molecule has 0 bridgehead atoms. The molecule has 19 heavy (non-hydrogen) atoms. The number of unbranched alkanes of at least 4 members (excludes halogenated alkanes) is 1. The molecule has 0 spiro atoms. The van der Waals surface area contributed by atoms with Crippen molar-refractivity contribution in [2.45, 2.75) is 25.4 Å². The SMILES string of the molecule is O=C(O)CCCCNc1cc(C(F)(F)F)ccc1F. The Morgan fingerprint density at radius 1 is 1.26 bits per heavy atom. The molecule has 0 aromatic heterocycles. The number of carbonyl (C=O) groups is 1. The highest BCUT2D eigenvalue weighted by atomic mass is 19.4. The lowest BCUT2D eigenvalue weighted by molar-refractivity contribution is -0.138. The topological polar surface area (TPSA) is 49.3 Å². The van der Waals surface area contributed by atoms with E-state index >= 15 is 0 Å². The van der Waals surface area contributed by atoms with Crippen molar-refractivity contribution >= 4 is 11.7 Å². The minimum absolute atomic E-state index is 0.0211. The van der Waals surface area contributed by atoms with Crippen LogP contribution in [-0.4, -0.2) is 17.6 Å². The number of carboxylic acid groups (broad SMARTS) is 1. The van der Waals surface area contributed by atoms with Gasteiger partial charge in [0.05, 0.1) is 11.3 Å². The number of nitrogens with one attached hydrogen (secondary N) is 1. The molecule has 0 aliphatic heterocycles. The zero-order valence-corrected chi connectivity index (χ0v) is 9.93. The van der Waals surface area contributed by atoms with Crippen LogP contribution in [0.25, 0.3) is 0 Å². The maximum Gasteiger partial charge on any atom is 0.416 e. The molecule has 0 radical (unpaired) electrons. The molecule has 0 aliphatic carbocycles. The van der Waals surface area contributed by atoms with Crippen LogP contribution in [0.3, 0.4) is 0 Å². The summed E-state index contributed by atoms with van der Waals surface area (Å²) in [4.78, 5) is 10.2. The summed E-state index contributed by atoms with van der Waals surface area (Å²) in [5.41, 5.74) is -1.16. The maximum absolute atomic E-state index is 13.3. The van der Waals surface area contributed by atoms with Crippen molar-refractivity contribution in [3.63, 3.8) is 0 Å². The van der Waals surface area contributed by atoms with Gasteiger partial charge in [0.15, 0.2) is 0 Å². The lowest BCUT2D eigenvalue weighted by Crippen LogP contribution is -2.09. The van der Waals surface area contributed by atoms with Crippen LogP contribution >= 0.6 is 0 Å². The van der Waals surface area contributed by atoms with E-state index in [2.05, 4.69) is 5.32 Å². The van der Waals surface area contributed by atoms with Gasteiger partial charge in [0.1, 0.15) is 5.82 Å². The molecular formula is C12H13F4NO2. The molecular weight excluding hydrogens is 266 g/mol. The van der Waals surface area contributed by atoms with Crippen LogP contribution in [0.15, 0.2) is 18.2 Å². The number of benzene rings is 1. The number of carboxylic acids is 1. The van der Waals surface area contributed by atoms with E-state index in [4.69, 9.17) is 5.11 Å². The standard InChI is InChI=1S/C12H13F4NO2/c13-9-5-4-8(12(14,15)16)7-10(9)17-6-2-1-3-11(18)19/h4-5,7,17H,1-3,6H2,(H,18,19). The summed E-state index contributed by atoms with van der Waals surface area (Å²) in [5.74, 6) is -1.71. The Morgan fingerprint density at radius 3 is 2.53 bits per heavy atom.